The Morgan fingerprint density at radius 1 is 0.424 bits per heavy atom. The van der Waals surface area contributed by atoms with Gasteiger partial charge in [0.05, 0.1) is 54.3 Å². The van der Waals surface area contributed by atoms with Crippen LogP contribution in [-0.2, 0) is 14.4 Å². The summed E-state index contributed by atoms with van der Waals surface area (Å²) in [6.45, 7) is 23.3. The number of phenolic OH excluding ortho intramolecular Hbond substituents is 1. The Bertz CT molecular complexity index is 3800. The van der Waals surface area contributed by atoms with Gasteiger partial charge in [0.25, 0.3) is 0 Å². The molecule has 6 aromatic carbocycles. The number of hydrogen-bond donors (Lipinski definition) is 4. The number of aromatic hydroxyl groups is 1. The molecule has 4 N–H and O–H groups in total. The number of benzene rings is 6. The van der Waals surface area contributed by atoms with Crippen molar-refractivity contribution in [1.82, 2.24) is 29.4 Å². The molecule has 0 amide bonds. The average molecular weight is 1260 g/mol. The van der Waals surface area contributed by atoms with Gasteiger partial charge < -0.3 is 63.5 Å². The number of carbonyl (C=O) groups is 3. The summed E-state index contributed by atoms with van der Waals surface area (Å²) in [4.78, 5) is 62.6. The maximum Gasteiger partial charge on any atom is 0.310 e. The van der Waals surface area contributed by atoms with Gasteiger partial charge in [-0.3, -0.25) is 29.1 Å². The van der Waals surface area contributed by atoms with Crippen molar-refractivity contribution in [2.24, 2.45) is 31.2 Å². The quantitative estimate of drug-likeness (QED) is 0.0890. The van der Waals surface area contributed by atoms with E-state index in [9.17, 15) is 34.8 Å². The standard InChI is InChI=1S/C24H29N3O5.C24H29N3O4.C22H25N3O4/c1-24(2,23(28)29)15-26-9-11-27(12-10-26)22-18-13-16(30-3)6-8-20(18)32-21-14-17(31-4)5-7-19(21)25-22;1-16-13-18-21(14-20(16)30-4)31-19-8-6-5-7-17(19)22(25-18)27-11-9-26(10-12-27)15-24(2,3)23(28)29;1-22(2,21(27)28)14-24-9-11-25(12-10-24)20-16-5-3-4-6-18(16)29-19-13-15(26)7-8-17(19)23-20/h5-8,13-14H,9-12,15H2,1-4H3,(H,28,29);5-8,13-14H,9-12,15H2,1-4H3,(H,28,29);3-8,13,26H,9-12,14H2,1-2H3,(H,27,28). The van der Waals surface area contributed by atoms with Crippen molar-refractivity contribution in [3.63, 3.8) is 0 Å². The second kappa shape index (κ2) is 27.6. The SMILES string of the molecule is CC(C)(CN1CCN(C2=Nc3ccc(O)cc3Oc3ccccc32)CC1)C(=O)O.COc1cc2c(cc1C)N=C(N1CCN(CC(C)(C)C(=O)O)CC1)c1ccccc1O2.COc1ccc2c(c1)Oc1ccc(OC)cc1C(N1CCN(CC(C)(C)C(=O)O)CC1)=N2. The van der Waals surface area contributed by atoms with Crippen LogP contribution in [0.5, 0.6) is 57.5 Å². The molecule has 0 spiro atoms. The topological polar surface area (TPSA) is 244 Å². The molecule has 0 unspecified atom stereocenters. The maximum atomic E-state index is 11.5. The largest absolute Gasteiger partial charge is 0.508 e. The van der Waals surface area contributed by atoms with E-state index in [1.165, 1.54) is 0 Å². The molecule has 22 nitrogen and oxygen atoms in total. The van der Waals surface area contributed by atoms with Crippen LogP contribution < -0.4 is 28.4 Å². The van der Waals surface area contributed by atoms with Crippen LogP contribution in [0, 0.1) is 23.2 Å². The third-order valence-corrected chi connectivity index (χ3v) is 17.2. The number of nitrogens with zero attached hydrogens (tertiary/aromatic N) is 9. The molecule has 0 atom stereocenters. The molecule has 6 heterocycles. The summed E-state index contributed by atoms with van der Waals surface area (Å²) >= 11 is 0. The zero-order valence-electron chi connectivity index (χ0n) is 54.1. The average Bonchev–Trinajstić information content (AvgIpc) is 1.64. The minimum absolute atomic E-state index is 0.134. The molecule has 3 fully saturated rings. The molecule has 0 bridgehead atoms. The van der Waals surface area contributed by atoms with Crippen molar-refractivity contribution in [1.29, 1.82) is 0 Å². The number of piperazine rings is 3. The van der Waals surface area contributed by atoms with E-state index in [1.54, 1.807) is 81.1 Å². The van der Waals surface area contributed by atoms with Gasteiger partial charge in [0.15, 0.2) is 17.2 Å². The van der Waals surface area contributed by atoms with E-state index in [4.69, 9.17) is 43.4 Å². The lowest BCUT2D eigenvalue weighted by Gasteiger charge is -2.39. The predicted molar refractivity (Wildman–Crippen MR) is 352 cm³/mol. The maximum absolute atomic E-state index is 11.5. The van der Waals surface area contributed by atoms with Gasteiger partial charge in [-0.15, -0.1) is 0 Å². The zero-order chi connectivity index (χ0) is 65.6. The molecule has 0 aliphatic carbocycles. The van der Waals surface area contributed by atoms with Gasteiger partial charge >= 0.3 is 17.9 Å². The zero-order valence-corrected chi connectivity index (χ0v) is 54.1. The lowest BCUT2D eigenvalue weighted by Crippen LogP contribution is -2.52. The molecule has 22 heteroatoms. The smallest absolute Gasteiger partial charge is 0.310 e. The van der Waals surface area contributed by atoms with Crippen molar-refractivity contribution >= 4 is 52.5 Å². The minimum Gasteiger partial charge on any atom is -0.508 e. The fourth-order valence-corrected chi connectivity index (χ4v) is 11.7. The summed E-state index contributed by atoms with van der Waals surface area (Å²) in [5.74, 6) is 6.54. The third-order valence-electron chi connectivity index (χ3n) is 17.2. The van der Waals surface area contributed by atoms with Crippen LogP contribution in [0.2, 0.25) is 0 Å². The second-order valence-electron chi connectivity index (χ2n) is 25.6. The van der Waals surface area contributed by atoms with Crippen molar-refractivity contribution < 1.29 is 63.2 Å². The molecule has 6 aliphatic heterocycles. The van der Waals surface area contributed by atoms with Crippen LogP contribution in [0.15, 0.2) is 130 Å². The molecule has 486 valence electrons. The molecule has 0 radical (unpaired) electrons. The first-order valence-electron chi connectivity index (χ1n) is 30.9. The van der Waals surface area contributed by atoms with Crippen LogP contribution in [-0.4, -0.2) is 205 Å². The van der Waals surface area contributed by atoms with Gasteiger partial charge in [-0.05, 0) is 127 Å². The Labute approximate surface area is 537 Å². The highest BCUT2D eigenvalue weighted by Crippen LogP contribution is 2.45. The fourth-order valence-electron chi connectivity index (χ4n) is 11.7. The van der Waals surface area contributed by atoms with Gasteiger partial charge in [-0.25, -0.2) is 15.0 Å². The van der Waals surface area contributed by atoms with Crippen LogP contribution in [0.1, 0.15) is 63.8 Å². The highest BCUT2D eigenvalue weighted by atomic mass is 16.5. The van der Waals surface area contributed by atoms with Crippen molar-refractivity contribution in [2.75, 3.05) is 120 Å². The number of rotatable bonds is 12. The first-order valence-corrected chi connectivity index (χ1v) is 30.9. The summed E-state index contributed by atoms with van der Waals surface area (Å²) in [5, 5.41) is 38.1. The Kier molecular flexibility index (Phi) is 19.7. The Morgan fingerprint density at radius 3 is 1.23 bits per heavy atom. The molecule has 12 rings (SSSR count). The molecule has 0 saturated carbocycles. The lowest BCUT2D eigenvalue weighted by molar-refractivity contribution is -0.149. The van der Waals surface area contributed by atoms with E-state index in [2.05, 4.69) is 29.4 Å². The first-order chi connectivity index (χ1) is 43.9. The number of methoxy groups -OCH3 is 3. The number of amidine groups is 3. The van der Waals surface area contributed by atoms with E-state index in [0.717, 1.165) is 147 Å². The number of carboxylic acid groups (broad SMARTS) is 3. The summed E-state index contributed by atoms with van der Waals surface area (Å²) in [6, 6.07) is 35.8. The Hall–Kier alpha value is -9.38. The number of fused-ring (bicyclic) bond motifs is 6. The fraction of sp³-hybridized carbons (Fsp3) is 0.400. The first kappa shape index (κ1) is 65.6. The number of para-hydroxylation sites is 2. The minimum atomic E-state index is -0.784. The molecule has 0 aromatic heterocycles. The Morgan fingerprint density at radius 2 is 0.793 bits per heavy atom. The van der Waals surface area contributed by atoms with Gasteiger partial charge in [0, 0.05) is 116 Å². The van der Waals surface area contributed by atoms with Gasteiger partial charge in [0.2, 0.25) is 0 Å². The van der Waals surface area contributed by atoms with Crippen LogP contribution in [0.25, 0.3) is 0 Å². The number of carboxylic acids is 3. The molecule has 6 aliphatic rings. The molecule has 6 aromatic rings. The number of hydrogen-bond acceptors (Lipinski definition) is 19. The van der Waals surface area contributed by atoms with E-state index >= 15 is 0 Å². The molecular weight excluding hydrogens is 1170 g/mol. The van der Waals surface area contributed by atoms with Crippen LogP contribution in [0.3, 0.4) is 0 Å². The number of phenols is 1. The Balaban J connectivity index is 0.000000151. The highest BCUT2D eigenvalue weighted by Gasteiger charge is 2.36. The van der Waals surface area contributed by atoms with E-state index < -0.39 is 34.2 Å². The number of aliphatic carboxylic acids is 3. The van der Waals surface area contributed by atoms with E-state index in [-0.39, 0.29) is 5.75 Å². The van der Waals surface area contributed by atoms with Gasteiger partial charge in [-0.1, -0.05) is 24.3 Å². The van der Waals surface area contributed by atoms with E-state index in [0.29, 0.717) is 59.8 Å². The van der Waals surface area contributed by atoms with Gasteiger partial charge in [-0.2, -0.15) is 0 Å². The van der Waals surface area contributed by atoms with Crippen molar-refractivity contribution in [2.45, 2.75) is 48.5 Å². The normalized spacial score (nSPS) is 16.5. The highest BCUT2D eigenvalue weighted by molar-refractivity contribution is 6.06. The van der Waals surface area contributed by atoms with Crippen LogP contribution >= 0.6 is 0 Å². The summed E-state index contributed by atoms with van der Waals surface area (Å²) in [6.07, 6.45) is 0. The molecular formula is C70H83N9O13. The number of aliphatic imine (C=N–C) groups is 3. The van der Waals surface area contributed by atoms with Gasteiger partial charge in [0.1, 0.15) is 74.8 Å². The van der Waals surface area contributed by atoms with Crippen molar-refractivity contribution in [3.8, 4) is 57.5 Å². The summed E-state index contributed by atoms with van der Waals surface area (Å²) in [5.41, 5.74) is 3.57. The van der Waals surface area contributed by atoms with Crippen LogP contribution in [0.4, 0.5) is 17.1 Å². The van der Waals surface area contributed by atoms with E-state index in [1.807, 2.05) is 104 Å². The number of ether oxygens (including phenoxy) is 6. The predicted octanol–water partition coefficient (Wildman–Crippen LogP) is 10.8. The lowest BCUT2D eigenvalue weighted by atomic mass is 9.93. The van der Waals surface area contributed by atoms with Crippen molar-refractivity contribution in [3.05, 3.63) is 138 Å². The third kappa shape index (κ3) is 15.0. The number of aryl methyl sites for hydroxylation is 1. The summed E-state index contributed by atoms with van der Waals surface area (Å²) < 4.78 is 34.8. The monoisotopic (exact) mass is 1260 g/mol. The second-order valence-corrected chi connectivity index (χ2v) is 25.6. The summed E-state index contributed by atoms with van der Waals surface area (Å²) in [7, 11) is 4.91. The molecule has 92 heavy (non-hydrogen) atoms. The molecule has 3 saturated heterocycles.